The van der Waals surface area contributed by atoms with E-state index in [2.05, 4.69) is 15.4 Å². The minimum atomic E-state index is -3.31. The topological polar surface area (TPSA) is 87.3 Å². The van der Waals surface area contributed by atoms with Gasteiger partial charge in [-0.15, -0.1) is 0 Å². The van der Waals surface area contributed by atoms with Crippen LogP contribution in [0.1, 0.15) is 6.42 Å². The number of anilines is 2. The van der Waals surface area contributed by atoms with E-state index in [-0.39, 0.29) is 11.8 Å². The molecule has 7 heteroatoms. The fourth-order valence-corrected chi connectivity index (χ4v) is 2.55. The summed E-state index contributed by atoms with van der Waals surface area (Å²) in [5.41, 5.74) is 1.02. The van der Waals surface area contributed by atoms with E-state index in [1.807, 2.05) is 0 Å². The second-order valence-electron chi connectivity index (χ2n) is 4.63. The second kappa shape index (κ2) is 5.58. The maximum Gasteiger partial charge on any atom is 0.229 e. The molecule has 0 spiro atoms. The molecule has 1 amide bonds. The van der Waals surface area contributed by atoms with Crippen LogP contribution in [-0.4, -0.2) is 33.7 Å². The van der Waals surface area contributed by atoms with Gasteiger partial charge in [0.05, 0.1) is 17.9 Å². The fraction of sp³-hybridized carbons (Fsp3) is 0.417. The SMILES string of the molecule is CS(=O)(=O)Nc1cccc(NC(=O)C2CCNC2)c1. The minimum Gasteiger partial charge on any atom is -0.326 e. The molecule has 0 aromatic heterocycles. The average molecular weight is 283 g/mol. The molecule has 0 aliphatic carbocycles. The number of carbonyl (C=O) groups is 1. The smallest absolute Gasteiger partial charge is 0.229 e. The highest BCUT2D eigenvalue weighted by Crippen LogP contribution is 2.18. The highest BCUT2D eigenvalue weighted by molar-refractivity contribution is 7.92. The number of hydrogen-bond donors (Lipinski definition) is 3. The largest absolute Gasteiger partial charge is 0.326 e. The summed E-state index contributed by atoms with van der Waals surface area (Å²) < 4.78 is 24.6. The van der Waals surface area contributed by atoms with Crippen molar-refractivity contribution in [2.24, 2.45) is 5.92 Å². The first kappa shape index (κ1) is 13.8. The maximum atomic E-state index is 11.9. The predicted molar refractivity (Wildman–Crippen MR) is 74.5 cm³/mol. The highest BCUT2D eigenvalue weighted by Gasteiger charge is 2.22. The molecule has 2 rings (SSSR count). The van der Waals surface area contributed by atoms with Gasteiger partial charge in [-0.3, -0.25) is 9.52 Å². The van der Waals surface area contributed by atoms with Gasteiger partial charge in [-0.05, 0) is 31.2 Å². The summed E-state index contributed by atoms with van der Waals surface area (Å²) in [7, 11) is -3.31. The number of carbonyl (C=O) groups excluding carboxylic acids is 1. The summed E-state index contributed by atoms with van der Waals surface area (Å²) in [6.07, 6.45) is 1.91. The van der Waals surface area contributed by atoms with Crippen LogP contribution in [0.25, 0.3) is 0 Å². The van der Waals surface area contributed by atoms with Crippen LogP contribution in [0.5, 0.6) is 0 Å². The maximum absolute atomic E-state index is 11.9. The molecule has 1 aliphatic heterocycles. The van der Waals surface area contributed by atoms with Crippen molar-refractivity contribution < 1.29 is 13.2 Å². The Hall–Kier alpha value is -1.60. The van der Waals surface area contributed by atoms with E-state index in [0.717, 1.165) is 19.2 Å². The van der Waals surface area contributed by atoms with Crippen molar-refractivity contribution in [3.8, 4) is 0 Å². The minimum absolute atomic E-state index is 0.0217. The summed E-state index contributed by atoms with van der Waals surface area (Å²) in [6.45, 7) is 1.54. The van der Waals surface area contributed by atoms with Gasteiger partial charge in [0.25, 0.3) is 0 Å². The van der Waals surface area contributed by atoms with Gasteiger partial charge in [-0.1, -0.05) is 6.07 Å². The Morgan fingerprint density at radius 2 is 2.11 bits per heavy atom. The number of hydrogen-bond acceptors (Lipinski definition) is 4. The van der Waals surface area contributed by atoms with E-state index in [1.54, 1.807) is 24.3 Å². The van der Waals surface area contributed by atoms with Crippen molar-refractivity contribution in [3.05, 3.63) is 24.3 Å². The normalized spacial score (nSPS) is 19.1. The Morgan fingerprint density at radius 1 is 1.37 bits per heavy atom. The van der Waals surface area contributed by atoms with Crippen molar-refractivity contribution >= 4 is 27.3 Å². The van der Waals surface area contributed by atoms with Gasteiger partial charge in [-0.2, -0.15) is 0 Å². The van der Waals surface area contributed by atoms with Crippen LogP contribution in [0.2, 0.25) is 0 Å². The van der Waals surface area contributed by atoms with E-state index in [9.17, 15) is 13.2 Å². The van der Waals surface area contributed by atoms with E-state index >= 15 is 0 Å². The Balaban J connectivity index is 2.04. The molecule has 1 aliphatic rings. The molecule has 1 heterocycles. The summed E-state index contributed by atoms with van der Waals surface area (Å²) in [5, 5.41) is 5.93. The summed E-state index contributed by atoms with van der Waals surface area (Å²) in [4.78, 5) is 11.9. The number of rotatable bonds is 4. The lowest BCUT2D eigenvalue weighted by molar-refractivity contribution is -0.119. The Kier molecular flexibility index (Phi) is 4.06. The first-order chi connectivity index (χ1) is 8.94. The van der Waals surface area contributed by atoms with Crippen molar-refractivity contribution in [1.82, 2.24) is 5.32 Å². The lowest BCUT2D eigenvalue weighted by Gasteiger charge is -2.11. The molecule has 1 aromatic carbocycles. The molecule has 1 atom stereocenters. The molecule has 0 radical (unpaired) electrons. The summed E-state index contributed by atoms with van der Waals surface area (Å²) in [5.74, 6) is -0.0620. The molecule has 3 N–H and O–H groups in total. The summed E-state index contributed by atoms with van der Waals surface area (Å²) >= 11 is 0. The predicted octanol–water partition coefficient (Wildman–Crippen LogP) is 0.606. The highest BCUT2D eigenvalue weighted by atomic mass is 32.2. The van der Waals surface area contributed by atoms with Gasteiger partial charge >= 0.3 is 0 Å². The van der Waals surface area contributed by atoms with Crippen LogP contribution >= 0.6 is 0 Å². The van der Waals surface area contributed by atoms with Crippen molar-refractivity contribution in [2.45, 2.75) is 6.42 Å². The Morgan fingerprint density at radius 3 is 2.74 bits per heavy atom. The zero-order valence-corrected chi connectivity index (χ0v) is 11.5. The van der Waals surface area contributed by atoms with E-state index in [1.165, 1.54) is 0 Å². The molecule has 104 valence electrons. The van der Waals surface area contributed by atoms with Crippen LogP contribution in [-0.2, 0) is 14.8 Å². The third-order valence-corrected chi connectivity index (χ3v) is 3.47. The van der Waals surface area contributed by atoms with Gasteiger partial charge < -0.3 is 10.6 Å². The zero-order chi connectivity index (χ0) is 13.9. The van der Waals surface area contributed by atoms with Crippen molar-refractivity contribution in [2.75, 3.05) is 29.4 Å². The lowest BCUT2D eigenvalue weighted by atomic mass is 10.1. The molecular formula is C12H17N3O3S. The van der Waals surface area contributed by atoms with E-state index < -0.39 is 10.0 Å². The first-order valence-electron chi connectivity index (χ1n) is 6.03. The summed E-state index contributed by atoms with van der Waals surface area (Å²) in [6, 6.07) is 6.65. The van der Waals surface area contributed by atoms with Crippen LogP contribution in [0.15, 0.2) is 24.3 Å². The van der Waals surface area contributed by atoms with E-state index in [4.69, 9.17) is 0 Å². The molecule has 1 aromatic rings. The number of nitrogens with one attached hydrogen (secondary N) is 3. The van der Waals surface area contributed by atoms with Crippen molar-refractivity contribution in [1.29, 1.82) is 0 Å². The number of amides is 1. The Labute approximate surface area is 112 Å². The third-order valence-electron chi connectivity index (χ3n) is 2.86. The van der Waals surface area contributed by atoms with Gasteiger partial charge in [0.15, 0.2) is 0 Å². The monoisotopic (exact) mass is 283 g/mol. The molecular weight excluding hydrogens is 266 g/mol. The lowest BCUT2D eigenvalue weighted by Crippen LogP contribution is -2.24. The quantitative estimate of drug-likeness (QED) is 0.755. The van der Waals surface area contributed by atoms with E-state index in [0.29, 0.717) is 17.9 Å². The molecule has 6 nitrogen and oxygen atoms in total. The van der Waals surface area contributed by atoms with Gasteiger partial charge in [0, 0.05) is 12.2 Å². The van der Waals surface area contributed by atoms with Gasteiger partial charge in [0.1, 0.15) is 0 Å². The van der Waals surface area contributed by atoms with Crippen LogP contribution in [0.4, 0.5) is 11.4 Å². The molecule has 0 saturated carbocycles. The van der Waals surface area contributed by atoms with Crippen molar-refractivity contribution in [3.63, 3.8) is 0 Å². The van der Waals surface area contributed by atoms with Crippen LogP contribution in [0, 0.1) is 5.92 Å². The van der Waals surface area contributed by atoms with Crippen LogP contribution in [0.3, 0.4) is 0 Å². The van der Waals surface area contributed by atoms with Gasteiger partial charge in [-0.25, -0.2) is 8.42 Å². The molecule has 19 heavy (non-hydrogen) atoms. The molecule has 1 fully saturated rings. The zero-order valence-electron chi connectivity index (χ0n) is 10.6. The second-order valence-corrected chi connectivity index (χ2v) is 6.38. The fourth-order valence-electron chi connectivity index (χ4n) is 2.00. The molecule has 1 saturated heterocycles. The third kappa shape index (κ3) is 4.22. The molecule has 1 unspecified atom stereocenters. The number of sulfonamides is 1. The standard InChI is InChI=1S/C12H17N3O3S/c1-19(17,18)15-11-4-2-3-10(7-11)14-12(16)9-5-6-13-8-9/h2-4,7,9,13,15H,5-6,8H2,1H3,(H,14,16). The Bertz CT molecular complexity index is 565. The number of benzene rings is 1. The molecule has 0 bridgehead atoms. The van der Waals surface area contributed by atoms with Crippen LogP contribution < -0.4 is 15.4 Å². The first-order valence-corrected chi connectivity index (χ1v) is 7.92. The van der Waals surface area contributed by atoms with Gasteiger partial charge in [0.2, 0.25) is 15.9 Å². The average Bonchev–Trinajstić information content (AvgIpc) is 2.80.